The van der Waals surface area contributed by atoms with Crippen LogP contribution in [-0.2, 0) is 27.0 Å². The molecule has 0 atom stereocenters. The zero-order chi connectivity index (χ0) is 21.2. The van der Waals surface area contributed by atoms with Gasteiger partial charge in [0, 0.05) is 24.6 Å². The first kappa shape index (κ1) is 20.7. The molecular formula is C20H19F2N3O3S. The van der Waals surface area contributed by atoms with Gasteiger partial charge in [-0.3, -0.25) is 9.52 Å². The highest BCUT2D eigenvalue weighted by Crippen LogP contribution is 2.34. The van der Waals surface area contributed by atoms with Gasteiger partial charge in [0.25, 0.3) is 0 Å². The van der Waals surface area contributed by atoms with E-state index in [1.54, 1.807) is 6.07 Å². The number of nitriles is 1. The first-order chi connectivity index (χ1) is 13.7. The van der Waals surface area contributed by atoms with Crippen LogP contribution in [0, 0.1) is 23.0 Å². The monoisotopic (exact) mass is 419 g/mol. The van der Waals surface area contributed by atoms with Crippen molar-refractivity contribution in [3.63, 3.8) is 0 Å². The topological polar surface area (TPSA) is 90.3 Å². The van der Waals surface area contributed by atoms with Crippen molar-refractivity contribution in [2.45, 2.75) is 31.9 Å². The molecule has 0 fully saturated rings. The lowest BCUT2D eigenvalue weighted by Crippen LogP contribution is -2.36. The summed E-state index contributed by atoms with van der Waals surface area (Å²) in [4.78, 5) is 13.5. The number of halogens is 2. The van der Waals surface area contributed by atoms with Crippen LogP contribution in [0.1, 0.15) is 36.5 Å². The normalized spacial score (nSPS) is 13.7. The summed E-state index contributed by atoms with van der Waals surface area (Å²) in [6, 6.07) is 7.81. The third-order valence-corrected chi connectivity index (χ3v) is 5.81. The van der Waals surface area contributed by atoms with Gasteiger partial charge in [0.05, 0.1) is 28.8 Å². The Kier molecular flexibility index (Phi) is 5.84. The molecule has 1 heterocycles. The number of hydrogen-bond donors (Lipinski definition) is 1. The van der Waals surface area contributed by atoms with E-state index in [1.165, 1.54) is 23.1 Å². The van der Waals surface area contributed by atoms with Crippen LogP contribution in [0.5, 0.6) is 0 Å². The number of hydrogen-bond acceptors (Lipinski definition) is 4. The highest BCUT2D eigenvalue weighted by atomic mass is 32.2. The van der Waals surface area contributed by atoms with Gasteiger partial charge in [-0.15, -0.1) is 0 Å². The molecule has 0 bridgehead atoms. The molecular weight excluding hydrogens is 400 g/mol. The Labute approximate surface area is 167 Å². The summed E-state index contributed by atoms with van der Waals surface area (Å²) in [7, 11) is -4.03. The predicted octanol–water partition coefficient (Wildman–Crippen LogP) is 3.47. The smallest absolute Gasteiger partial charge is 0.237 e. The fourth-order valence-electron chi connectivity index (χ4n) is 3.32. The second kappa shape index (κ2) is 8.17. The van der Waals surface area contributed by atoms with Gasteiger partial charge in [-0.1, -0.05) is 13.0 Å². The van der Waals surface area contributed by atoms with Gasteiger partial charge in [-0.2, -0.15) is 5.26 Å². The zero-order valence-electron chi connectivity index (χ0n) is 15.7. The van der Waals surface area contributed by atoms with Crippen LogP contribution < -0.4 is 9.62 Å². The molecule has 3 rings (SSSR count). The molecule has 0 unspecified atom stereocenters. The van der Waals surface area contributed by atoms with Crippen LogP contribution in [0.4, 0.5) is 20.2 Å². The number of sulfonamides is 1. The molecule has 0 saturated carbocycles. The van der Waals surface area contributed by atoms with Crippen LogP contribution in [-0.4, -0.2) is 20.9 Å². The maximum absolute atomic E-state index is 14.7. The molecule has 9 heteroatoms. The molecule has 6 nitrogen and oxygen atoms in total. The highest BCUT2D eigenvalue weighted by molar-refractivity contribution is 7.91. The molecule has 0 aliphatic carbocycles. The highest BCUT2D eigenvalue weighted by Gasteiger charge is 2.28. The van der Waals surface area contributed by atoms with Gasteiger partial charge in [-0.05, 0) is 36.6 Å². The number of aryl methyl sites for hydroxylation is 1. The van der Waals surface area contributed by atoms with Crippen molar-refractivity contribution in [3.05, 3.63) is 58.7 Å². The Bertz CT molecular complexity index is 1110. The second-order valence-electron chi connectivity index (χ2n) is 6.79. The zero-order valence-corrected chi connectivity index (χ0v) is 16.5. The molecule has 1 N–H and O–H groups in total. The van der Waals surface area contributed by atoms with Crippen molar-refractivity contribution in [2.24, 2.45) is 0 Å². The van der Waals surface area contributed by atoms with Gasteiger partial charge < -0.3 is 4.90 Å². The number of rotatable bonds is 6. The lowest BCUT2D eigenvalue weighted by molar-refractivity contribution is -0.118. The lowest BCUT2D eigenvalue weighted by Gasteiger charge is -2.30. The van der Waals surface area contributed by atoms with E-state index in [2.05, 4.69) is 4.72 Å². The van der Waals surface area contributed by atoms with E-state index >= 15 is 0 Å². The van der Waals surface area contributed by atoms with Crippen LogP contribution in [0.15, 0.2) is 30.3 Å². The second-order valence-corrected chi connectivity index (χ2v) is 8.51. The number of carbonyl (C=O) groups is 1. The molecule has 152 valence electrons. The molecule has 0 aromatic heterocycles. The van der Waals surface area contributed by atoms with Crippen molar-refractivity contribution in [2.75, 3.05) is 16.2 Å². The van der Waals surface area contributed by atoms with Crippen molar-refractivity contribution >= 4 is 27.3 Å². The minimum atomic E-state index is -4.03. The summed E-state index contributed by atoms with van der Waals surface area (Å²) in [6.07, 6.45) is 1.19. The number of amides is 1. The minimum absolute atomic E-state index is 0.0149. The number of carbonyl (C=O) groups excluding carboxylic acids is 1. The molecule has 1 aliphatic heterocycles. The van der Waals surface area contributed by atoms with Crippen LogP contribution in [0.25, 0.3) is 0 Å². The van der Waals surface area contributed by atoms with Crippen molar-refractivity contribution in [1.29, 1.82) is 5.26 Å². The SMILES string of the molecule is CCCN1C(=O)CCc2cc(NS(=O)(=O)Cc3ccc(C#N)cc3F)cc(F)c21. The van der Waals surface area contributed by atoms with E-state index in [9.17, 15) is 22.0 Å². The van der Waals surface area contributed by atoms with Crippen molar-refractivity contribution in [1.82, 2.24) is 0 Å². The molecule has 0 radical (unpaired) electrons. The van der Waals surface area contributed by atoms with Gasteiger partial charge in [-0.25, -0.2) is 17.2 Å². The standard InChI is InChI=1S/C20H19F2N3O3S/c1-2-7-25-19(26)6-5-14-9-16(10-18(22)20(14)25)24-29(27,28)12-15-4-3-13(11-23)8-17(15)21/h3-4,8-10,24H,2,5-7,12H2,1H3. The predicted molar refractivity (Wildman–Crippen MR) is 105 cm³/mol. The molecule has 1 aliphatic rings. The van der Waals surface area contributed by atoms with E-state index in [0.29, 0.717) is 24.9 Å². The number of anilines is 2. The molecule has 0 saturated heterocycles. The van der Waals surface area contributed by atoms with Crippen molar-refractivity contribution in [3.8, 4) is 6.07 Å². The van der Waals surface area contributed by atoms with Gasteiger partial charge in [0.1, 0.15) is 11.6 Å². The Morgan fingerprint density at radius 2 is 1.93 bits per heavy atom. The van der Waals surface area contributed by atoms with E-state index in [-0.39, 0.29) is 34.8 Å². The maximum atomic E-state index is 14.7. The van der Waals surface area contributed by atoms with E-state index in [1.807, 2.05) is 6.92 Å². The first-order valence-corrected chi connectivity index (χ1v) is 10.7. The average Bonchev–Trinajstić information content (AvgIpc) is 2.65. The Morgan fingerprint density at radius 1 is 1.17 bits per heavy atom. The largest absolute Gasteiger partial charge is 0.309 e. The Morgan fingerprint density at radius 3 is 2.59 bits per heavy atom. The summed E-state index contributed by atoms with van der Waals surface area (Å²) in [5.41, 5.74) is 0.722. The summed E-state index contributed by atoms with van der Waals surface area (Å²) < 4.78 is 55.9. The molecule has 2 aromatic carbocycles. The first-order valence-electron chi connectivity index (χ1n) is 9.06. The number of fused-ring (bicyclic) bond motifs is 1. The van der Waals surface area contributed by atoms with Crippen molar-refractivity contribution < 1.29 is 22.0 Å². The van der Waals surface area contributed by atoms with Crippen LogP contribution in [0.3, 0.4) is 0 Å². The molecule has 29 heavy (non-hydrogen) atoms. The molecule has 2 aromatic rings. The van der Waals surface area contributed by atoms with Crippen LogP contribution >= 0.6 is 0 Å². The third kappa shape index (κ3) is 4.54. The maximum Gasteiger partial charge on any atom is 0.237 e. The molecule has 1 amide bonds. The number of benzene rings is 2. The van der Waals surface area contributed by atoms with E-state index < -0.39 is 27.4 Å². The number of nitrogens with one attached hydrogen (secondary N) is 1. The van der Waals surface area contributed by atoms with Gasteiger partial charge in [0.15, 0.2) is 0 Å². The summed E-state index contributed by atoms with van der Waals surface area (Å²) in [5, 5.41) is 8.76. The summed E-state index contributed by atoms with van der Waals surface area (Å²) >= 11 is 0. The van der Waals surface area contributed by atoms with Gasteiger partial charge in [0.2, 0.25) is 15.9 Å². The Balaban J connectivity index is 1.86. The summed E-state index contributed by atoms with van der Waals surface area (Å²) in [6.45, 7) is 2.26. The van der Waals surface area contributed by atoms with Crippen LogP contribution in [0.2, 0.25) is 0 Å². The van der Waals surface area contributed by atoms with E-state index in [0.717, 1.165) is 12.1 Å². The quantitative estimate of drug-likeness (QED) is 0.776. The van der Waals surface area contributed by atoms with E-state index in [4.69, 9.17) is 5.26 Å². The van der Waals surface area contributed by atoms with Gasteiger partial charge >= 0.3 is 0 Å². The Hall–Kier alpha value is -2.99. The lowest BCUT2D eigenvalue weighted by atomic mass is 10.00. The minimum Gasteiger partial charge on any atom is -0.309 e. The average molecular weight is 419 g/mol. The number of nitrogens with zero attached hydrogens (tertiary/aromatic N) is 2. The third-order valence-electron chi connectivity index (χ3n) is 4.57. The summed E-state index contributed by atoms with van der Waals surface area (Å²) in [5.74, 6) is -2.32. The molecule has 0 spiro atoms. The fourth-order valence-corrected chi connectivity index (χ4v) is 4.52. The fraction of sp³-hybridized carbons (Fsp3) is 0.300.